The zero-order chi connectivity index (χ0) is 48.2. The van der Waals surface area contributed by atoms with Gasteiger partial charge >= 0.3 is 18.2 Å². The lowest BCUT2D eigenvalue weighted by Gasteiger charge is -2.31. The molecule has 66 heavy (non-hydrogen) atoms. The summed E-state index contributed by atoms with van der Waals surface area (Å²) in [5.74, 6) is -4.87. The highest BCUT2D eigenvalue weighted by Crippen LogP contribution is 2.46. The highest BCUT2D eigenvalue weighted by atomic mass is 32.2. The van der Waals surface area contributed by atoms with Gasteiger partial charge in [-0.2, -0.15) is 0 Å². The monoisotopic (exact) mass is 944 g/mol. The van der Waals surface area contributed by atoms with Gasteiger partial charge in [0.1, 0.15) is 46.8 Å². The summed E-state index contributed by atoms with van der Waals surface area (Å²) in [5, 5.41) is 7.38. The van der Waals surface area contributed by atoms with Crippen LogP contribution >= 0.6 is 0 Å². The zero-order valence-electron chi connectivity index (χ0n) is 38.7. The molecule has 0 unspecified atom stereocenters. The molecule has 3 aliphatic heterocycles. The van der Waals surface area contributed by atoms with Crippen LogP contribution in [-0.2, 0) is 61.3 Å². The highest BCUT2D eigenvalue weighted by molar-refractivity contribution is 7.91. The average Bonchev–Trinajstić information content (AvgIpc) is 4.10. The predicted molar refractivity (Wildman–Crippen MR) is 237 cm³/mol. The van der Waals surface area contributed by atoms with Gasteiger partial charge < -0.3 is 35.1 Å². The summed E-state index contributed by atoms with van der Waals surface area (Å²) < 4.78 is 59.5. The van der Waals surface area contributed by atoms with Crippen LogP contribution in [0.1, 0.15) is 136 Å². The van der Waals surface area contributed by atoms with Crippen LogP contribution in [0.15, 0.2) is 30.4 Å². The minimum atomic E-state index is -4.00. The maximum Gasteiger partial charge on any atom is 0.410 e. The van der Waals surface area contributed by atoms with E-state index < -0.39 is 110 Å². The van der Waals surface area contributed by atoms with Gasteiger partial charge in [0.05, 0.1) is 18.3 Å². The second-order valence-electron chi connectivity index (χ2n) is 20.1. The van der Waals surface area contributed by atoms with E-state index in [2.05, 4.69) is 20.7 Å². The molecule has 4 N–H and O–H groups in total. The third-order valence-corrected chi connectivity index (χ3v) is 14.0. The lowest BCUT2D eigenvalue weighted by molar-refractivity contribution is -0.155. The number of nitrogens with zero attached hydrogens (tertiary/aromatic N) is 2. The van der Waals surface area contributed by atoms with Crippen LogP contribution in [0, 0.1) is 11.7 Å². The van der Waals surface area contributed by atoms with E-state index in [4.69, 9.17) is 14.2 Å². The van der Waals surface area contributed by atoms with Crippen LogP contribution in [0.3, 0.4) is 0 Å². The summed E-state index contributed by atoms with van der Waals surface area (Å²) in [6, 6.07) is 0.525. The van der Waals surface area contributed by atoms with Crippen LogP contribution in [0.5, 0.6) is 0 Å². The largest absolute Gasteiger partial charge is 0.460 e. The quantitative estimate of drug-likeness (QED) is 0.144. The Morgan fingerprint density at radius 1 is 0.939 bits per heavy atom. The lowest BCUT2D eigenvalue weighted by atomic mass is 10.0. The fraction of sp³-hybridized carbons (Fsp3) is 0.674. The van der Waals surface area contributed by atoms with Gasteiger partial charge in [-0.25, -0.2) is 22.4 Å². The van der Waals surface area contributed by atoms with Gasteiger partial charge in [-0.15, -0.1) is 0 Å². The first-order valence-electron chi connectivity index (χ1n) is 23.0. The minimum Gasteiger partial charge on any atom is -0.460 e. The molecule has 18 nitrogen and oxygen atoms in total. The maximum atomic E-state index is 14.9. The van der Waals surface area contributed by atoms with E-state index in [1.807, 2.05) is 6.08 Å². The van der Waals surface area contributed by atoms with E-state index in [1.54, 1.807) is 59.8 Å². The first-order chi connectivity index (χ1) is 30.9. The molecule has 364 valence electrons. The molecule has 0 spiro atoms. The second-order valence-corrected chi connectivity index (χ2v) is 22.0. The Balaban J connectivity index is 1.28. The number of esters is 1. The summed E-state index contributed by atoms with van der Waals surface area (Å²) in [7, 11) is -4.00. The summed E-state index contributed by atoms with van der Waals surface area (Å²) in [5.41, 5.74) is -2.45. The van der Waals surface area contributed by atoms with E-state index in [0.717, 1.165) is 19.3 Å². The second kappa shape index (κ2) is 20.3. The van der Waals surface area contributed by atoms with Crippen molar-refractivity contribution >= 4 is 51.8 Å². The van der Waals surface area contributed by atoms with E-state index in [9.17, 15) is 46.4 Å². The molecule has 1 aromatic rings. The van der Waals surface area contributed by atoms with Crippen molar-refractivity contribution in [2.24, 2.45) is 5.92 Å². The molecule has 6 rings (SSSR count). The molecular formula is C46H65FN6O12S. The van der Waals surface area contributed by atoms with Crippen LogP contribution in [-0.4, -0.2) is 113 Å². The normalized spacial score (nSPS) is 26.0. The highest BCUT2D eigenvalue weighted by Gasteiger charge is 2.62. The van der Waals surface area contributed by atoms with Crippen molar-refractivity contribution in [2.75, 3.05) is 6.54 Å². The van der Waals surface area contributed by atoms with Crippen LogP contribution < -0.4 is 20.7 Å². The number of hydrogen-bond acceptors (Lipinski definition) is 12. The molecule has 20 heteroatoms. The van der Waals surface area contributed by atoms with Crippen molar-refractivity contribution in [3.8, 4) is 0 Å². The van der Waals surface area contributed by atoms with E-state index in [0.29, 0.717) is 43.2 Å². The number of carbonyl (C=O) groups excluding carboxylic acids is 7. The van der Waals surface area contributed by atoms with Crippen molar-refractivity contribution < 1.29 is 60.6 Å². The fourth-order valence-electron chi connectivity index (χ4n) is 8.57. The predicted octanol–water partition coefficient (Wildman–Crippen LogP) is 4.53. The van der Waals surface area contributed by atoms with Crippen molar-refractivity contribution in [1.29, 1.82) is 0 Å². The number of allylic oxidation sites excluding steroid dienone is 1. The van der Waals surface area contributed by atoms with Gasteiger partial charge in [-0.3, -0.25) is 33.6 Å². The van der Waals surface area contributed by atoms with Crippen LogP contribution in [0.4, 0.5) is 14.0 Å². The summed E-state index contributed by atoms with van der Waals surface area (Å²) >= 11 is 0. The molecule has 5 aliphatic rings. The zero-order valence-corrected chi connectivity index (χ0v) is 39.6. The molecular weight excluding hydrogens is 880 g/mol. The van der Waals surface area contributed by atoms with Gasteiger partial charge in [0.2, 0.25) is 27.7 Å². The number of sulfonamides is 1. The number of rotatable bonds is 10. The summed E-state index contributed by atoms with van der Waals surface area (Å²) in [6.07, 6.45) is 5.49. The lowest BCUT2D eigenvalue weighted by Crippen LogP contribution is -2.59. The van der Waals surface area contributed by atoms with Gasteiger partial charge in [0, 0.05) is 30.9 Å². The van der Waals surface area contributed by atoms with Crippen molar-refractivity contribution in [2.45, 2.75) is 184 Å². The number of amides is 6. The Labute approximate surface area is 385 Å². The third-order valence-electron chi connectivity index (χ3n) is 12.2. The third kappa shape index (κ3) is 13.2. The topological polar surface area (TPSA) is 236 Å². The molecule has 6 atom stereocenters. The fourth-order valence-corrected chi connectivity index (χ4v) is 9.94. The van der Waals surface area contributed by atoms with Gasteiger partial charge in [0.15, 0.2) is 0 Å². The average molecular weight is 945 g/mol. The van der Waals surface area contributed by atoms with Crippen LogP contribution in [0.25, 0.3) is 0 Å². The van der Waals surface area contributed by atoms with Crippen molar-refractivity contribution in [3.05, 3.63) is 47.3 Å². The Bertz CT molecular complexity index is 2190. The molecule has 6 amide bonds. The van der Waals surface area contributed by atoms with E-state index in [1.165, 1.54) is 15.9 Å². The molecule has 0 aromatic heterocycles. The van der Waals surface area contributed by atoms with Gasteiger partial charge in [-0.05, 0) is 98.1 Å². The van der Waals surface area contributed by atoms with E-state index in [-0.39, 0.29) is 51.7 Å². The SMILES string of the molecule is CC(C)(C)OC(=O)CC[C@@H](NC(=O)OC(C)(C)C)C(=O)N[C@H]1CCCCCCC/C=C\[C@H]2C[C@@]2(C(=O)NS(=O)(=O)C2CC2)NC(=O)[C@@H]2C[C@@H](OC(=O)N3Cc4cccc(F)c4C3)CN2C1=O. The molecule has 2 saturated carbocycles. The minimum absolute atomic E-state index is 0.0586. The molecule has 1 saturated heterocycles. The molecule has 2 aliphatic carbocycles. The number of benzene rings is 1. The standard InChI is InChI=1S/C46H65FN6O12S/c1-44(2,3)64-37(54)22-21-34(49-42(59)65-45(4,5)6)38(55)48-35-18-13-11-9-7-8-10-12-16-29-24-46(29,41(58)51-66(61,62)31-19-20-31)50-39(56)36-23-30(26-53(36)40(35)57)63-43(60)52-25-28-15-14-17-33(47)32(28)27-52/h12,14-17,29-31,34-36H,7-11,13,18-27H2,1-6H3,(H,48,55)(H,49,59)(H,50,56)(H,51,58)/b16-12-/t29-,30+,34+,35-,36-,46+/m0/s1. The number of carbonyl (C=O) groups is 7. The van der Waals surface area contributed by atoms with E-state index >= 15 is 0 Å². The number of alkyl carbamates (subject to hydrolysis) is 1. The number of hydrogen-bond donors (Lipinski definition) is 4. The van der Waals surface area contributed by atoms with Crippen molar-refractivity contribution in [3.63, 3.8) is 0 Å². The molecule has 0 radical (unpaired) electrons. The summed E-state index contributed by atoms with van der Waals surface area (Å²) in [6.45, 7) is 9.70. The number of halogens is 1. The number of ether oxygens (including phenoxy) is 3. The molecule has 0 bridgehead atoms. The first kappa shape index (κ1) is 50.1. The molecule has 1 aromatic carbocycles. The maximum absolute atomic E-state index is 14.9. The molecule has 3 fully saturated rings. The van der Waals surface area contributed by atoms with Crippen molar-refractivity contribution in [1.82, 2.24) is 30.5 Å². The summed E-state index contributed by atoms with van der Waals surface area (Å²) in [4.78, 5) is 99.6. The molecule has 3 heterocycles. The Morgan fingerprint density at radius 3 is 2.32 bits per heavy atom. The first-order valence-corrected chi connectivity index (χ1v) is 24.6. The number of nitrogens with one attached hydrogen (secondary N) is 4. The smallest absolute Gasteiger partial charge is 0.410 e. The Hall–Kier alpha value is -5.27. The Kier molecular flexibility index (Phi) is 15.4. The van der Waals surface area contributed by atoms with Crippen LogP contribution in [0.2, 0.25) is 0 Å². The Morgan fingerprint density at radius 2 is 1.64 bits per heavy atom. The van der Waals surface area contributed by atoms with Gasteiger partial charge in [0.25, 0.3) is 5.91 Å². The number of fused-ring (bicyclic) bond motifs is 3. The van der Waals surface area contributed by atoms with Gasteiger partial charge in [-0.1, -0.05) is 50.0 Å².